The van der Waals surface area contributed by atoms with Crippen molar-refractivity contribution in [2.24, 2.45) is 11.8 Å². The van der Waals surface area contributed by atoms with Crippen LogP contribution in [-0.2, 0) is 4.74 Å². The zero-order chi connectivity index (χ0) is 14.4. The molecule has 0 radical (unpaired) electrons. The van der Waals surface area contributed by atoms with Gasteiger partial charge in [-0.05, 0) is 51.0 Å². The molecule has 0 spiro atoms. The quantitative estimate of drug-likeness (QED) is 0.754. The van der Waals surface area contributed by atoms with Gasteiger partial charge in [0.25, 0.3) is 0 Å². The second kappa shape index (κ2) is 7.77. The first-order valence-electron chi connectivity index (χ1n) is 8.67. The molecule has 2 aliphatic rings. The Hall–Kier alpha value is -0.120. The first-order chi connectivity index (χ1) is 9.75. The maximum absolute atomic E-state index is 9.71. The Kier molecular flexibility index (Phi) is 6.31. The van der Waals surface area contributed by atoms with E-state index in [4.69, 9.17) is 4.74 Å². The van der Waals surface area contributed by atoms with E-state index < -0.39 is 0 Å². The standard InChI is InChI=1S/C17H33NO2/c1-3-14-7-4-5-9-16(14)20-12-10-15-8-6-11-17(15,13-19)18-2/h14-16,18-19H,3-13H2,1-2H3. The third-order valence-electron chi connectivity index (χ3n) is 5.90. The summed E-state index contributed by atoms with van der Waals surface area (Å²) < 4.78 is 6.22. The minimum absolute atomic E-state index is 0.0416. The van der Waals surface area contributed by atoms with Gasteiger partial charge in [0.1, 0.15) is 0 Å². The van der Waals surface area contributed by atoms with Gasteiger partial charge in [-0.1, -0.05) is 32.6 Å². The lowest BCUT2D eigenvalue weighted by atomic mass is 9.84. The highest BCUT2D eigenvalue weighted by atomic mass is 16.5. The summed E-state index contributed by atoms with van der Waals surface area (Å²) >= 11 is 0. The van der Waals surface area contributed by atoms with Crippen molar-refractivity contribution in [1.29, 1.82) is 0 Å². The predicted molar refractivity (Wildman–Crippen MR) is 82.8 cm³/mol. The molecule has 0 saturated heterocycles. The van der Waals surface area contributed by atoms with Crippen LogP contribution in [0.15, 0.2) is 0 Å². The van der Waals surface area contributed by atoms with Crippen LogP contribution in [0.4, 0.5) is 0 Å². The molecule has 0 aliphatic heterocycles. The van der Waals surface area contributed by atoms with Crippen molar-refractivity contribution >= 4 is 0 Å². The second-order valence-electron chi connectivity index (χ2n) is 6.80. The molecular weight excluding hydrogens is 250 g/mol. The van der Waals surface area contributed by atoms with E-state index in [1.807, 2.05) is 7.05 Å². The summed E-state index contributed by atoms with van der Waals surface area (Å²) in [6, 6.07) is 0. The van der Waals surface area contributed by atoms with Crippen LogP contribution in [0.1, 0.15) is 64.7 Å². The van der Waals surface area contributed by atoms with Crippen molar-refractivity contribution in [3.63, 3.8) is 0 Å². The van der Waals surface area contributed by atoms with Crippen LogP contribution in [0.3, 0.4) is 0 Å². The Morgan fingerprint density at radius 1 is 1.20 bits per heavy atom. The normalized spacial score (nSPS) is 38.2. The van der Waals surface area contributed by atoms with Gasteiger partial charge in [-0.25, -0.2) is 0 Å². The third kappa shape index (κ3) is 3.55. The number of nitrogens with one attached hydrogen (secondary N) is 1. The van der Waals surface area contributed by atoms with Crippen LogP contribution < -0.4 is 5.32 Å². The van der Waals surface area contributed by atoms with Crippen molar-refractivity contribution in [2.45, 2.75) is 76.4 Å². The fraction of sp³-hybridized carbons (Fsp3) is 1.00. The highest BCUT2D eigenvalue weighted by Crippen LogP contribution is 2.38. The van der Waals surface area contributed by atoms with Gasteiger partial charge in [0.2, 0.25) is 0 Å². The summed E-state index contributed by atoms with van der Waals surface area (Å²) in [7, 11) is 1.99. The number of rotatable bonds is 7. The monoisotopic (exact) mass is 283 g/mol. The van der Waals surface area contributed by atoms with Gasteiger partial charge >= 0.3 is 0 Å². The predicted octanol–water partition coefficient (Wildman–Crippen LogP) is 3.11. The molecule has 3 heteroatoms. The van der Waals surface area contributed by atoms with E-state index in [1.54, 1.807) is 0 Å². The van der Waals surface area contributed by atoms with Crippen LogP contribution >= 0.6 is 0 Å². The Labute approximate surface area is 124 Å². The number of ether oxygens (including phenoxy) is 1. The summed E-state index contributed by atoms with van der Waals surface area (Å²) in [5.74, 6) is 1.35. The van der Waals surface area contributed by atoms with E-state index in [-0.39, 0.29) is 12.1 Å². The topological polar surface area (TPSA) is 41.5 Å². The van der Waals surface area contributed by atoms with Crippen molar-refractivity contribution in [1.82, 2.24) is 5.32 Å². The van der Waals surface area contributed by atoms with Crippen molar-refractivity contribution in [3.05, 3.63) is 0 Å². The van der Waals surface area contributed by atoms with E-state index in [1.165, 1.54) is 44.9 Å². The van der Waals surface area contributed by atoms with Crippen molar-refractivity contribution < 1.29 is 9.84 Å². The Balaban J connectivity index is 1.77. The summed E-state index contributed by atoms with van der Waals surface area (Å²) in [6.07, 6.45) is 11.7. The average molecular weight is 283 g/mol. The molecule has 118 valence electrons. The molecule has 20 heavy (non-hydrogen) atoms. The smallest absolute Gasteiger partial charge is 0.0615 e. The Bertz CT molecular complexity index is 278. The fourth-order valence-corrected chi connectivity index (χ4v) is 4.40. The Morgan fingerprint density at radius 2 is 2.00 bits per heavy atom. The summed E-state index contributed by atoms with van der Waals surface area (Å²) in [6.45, 7) is 3.42. The molecule has 2 aliphatic carbocycles. The van der Waals surface area contributed by atoms with Crippen LogP contribution in [-0.4, -0.2) is 37.0 Å². The van der Waals surface area contributed by atoms with Crippen molar-refractivity contribution in [3.8, 4) is 0 Å². The summed E-state index contributed by atoms with van der Waals surface area (Å²) in [5.41, 5.74) is -0.0416. The zero-order valence-electron chi connectivity index (χ0n) is 13.4. The van der Waals surface area contributed by atoms with E-state index in [9.17, 15) is 5.11 Å². The molecule has 0 heterocycles. The summed E-state index contributed by atoms with van der Waals surface area (Å²) in [4.78, 5) is 0. The van der Waals surface area contributed by atoms with Gasteiger partial charge in [-0.15, -0.1) is 0 Å². The van der Waals surface area contributed by atoms with E-state index in [2.05, 4.69) is 12.2 Å². The minimum Gasteiger partial charge on any atom is -0.394 e. The molecule has 2 fully saturated rings. The van der Waals surface area contributed by atoms with E-state index in [0.29, 0.717) is 12.0 Å². The maximum atomic E-state index is 9.71. The molecule has 2 N–H and O–H groups in total. The molecule has 0 aromatic heterocycles. The lowest BCUT2D eigenvalue weighted by Crippen LogP contribution is -2.49. The van der Waals surface area contributed by atoms with Gasteiger partial charge < -0.3 is 15.2 Å². The SMILES string of the molecule is CCC1CCCCC1OCCC1CCCC1(CO)NC. The molecule has 0 bridgehead atoms. The molecule has 4 unspecified atom stereocenters. The fourth-order valence-electron chi connectivity index (χ4n) is 4.40. The minimum atomic E-state index is -0.0416. The molecule has 2 saturated carbocycles. The zero-order valence-corrected chi connectivity index (χ0v) is 13.4. The lowest BCUT2D eigenvalue weighted by Gasteiger charge is -2.35. The van der Waals surface area contributed by atoms with Crippen LogP contribution in [0.25, 0.3) is 0 Å². The lowest BCUT2D eigenvalue weighted by molar-refractivity contribution is -0.0221. The number of likely N-dealkylation sites (N-methyl/N-ethyl adjacent to an activating group) is 1. The van der Waals surface area contributed by atoms with Gasteiger partial charge in [-0.2, -0.15) is 0 Å². The first-order valence-corrected chi connectivity index (χ1v) is 8.67. The van der Waals surface area contributed by atoms with Gasteiger partial charge in [0, 0.05) is 12.1 Å². The van der Waals surface area contributed by atoms with Crippen LogP contribution in [0.2, 0.25) is 0 Å². The van der Waals surface area contributed by atoms with Crippen LogP contribution in [0.5, 0.6) is 0 Å². The summed E-state index contributed by atoms with van der Waals surface area (Å²) in [5, 5.41) is 13.1. The molecule has 4 atom stereocenters. The van der Waals surface area contributed by atoms with E-state index in [0.717, 1.165) is 25.4 Å². The number of hydrogen-bond donors (Lipinski definition) is 2. The molecule has 0 aromatic rings. The molecule has 0 amide bonds. The number of aliphatic hydroxyl groups is 1. The molecule has 3 nitrogen and oxygen atoms in total. The first kappa shape index (κ1) is 16.3. The van der Waals surface area contributed by atoms with Gasteiger partial charge in [-0.3, -0.25) is 0 Å². The maximum Gasteiger partial charge on any atom is 0.0615 e. The van der Waals surface area contributed by atoms with E-state index >= 15 is 0 Å². The highest BCUT2D eigenvalue weighted by molar-refractivity contribution is 4.98. The molecule has 2 rings (SSSR count). The van der Waals surface area contributed by atoms with Gasteiger partial charge in [0.05, 0.1) is 12.7 Å². The van der Waals surface area contributed by atoms with Gasteiger partial charge in [0.15, 0.2) is 0 Å². The molecule has 0 aromatic carbocycles. The molecular formula is C17H33NO2. The highest BCUT2D eigenvalue weighted by Gasteiger charge is 2.40. The second-order valence-corrected chi connectivity index (χ2v) is 6.80. The van der Waals surface area contributed by atoms with Crippen molar-refractivity contribution in [2.75, 3.05) is 20.3 Å². The Morgan fingerprint density at radius 3 is 2.70 bits per heavy atom. The number of hydrogen-bond acceptors (Lipinski definition) is 3. The largest absolute Gasteiger partial charge is 0.394 e. The average Bonchev–Trinajstić information content (AvgIpc) is 2.91. The third-order valence-corrected chi connectivity index (χ3v) is 5.90. The van der Waals surface area contributed by atoms with Crippen LogP contribution in [0, 0.1) is 11.8 Å². The number of aliphatic hydroxyl groups excluding tert-OH is 1.